The standard InChI is InChI=1S/C19H30Cl2N2O2/c1-14-5-6-17(23(9-7-20)10-8-21)12-15(14)11-16(22)13-18(24)25-19(2,3)4/h5-6,12,16H,7-11,13,22H2,1-4H3/t16-/m0/s1. The third-order valence-electron chi connectivity index (χ3n) is 3.74. The van der Waals surface area contributed by atoms with E-state index in [0.29, 0.717) is 18.2 Å². The van der Waals surface area contributed by atoms with Crippen LogP contribution in [0.2, 0.25) is 0 Å². The minimum Gasteiger partial charge on any atom is -0.460 e. The Morgan fingerprint density at radius 1 is 1.24 bits per heavy atom. The van der Waals surface area contributed by atoms with Crippen molar-refractivity contribution in [1.82, 2.24) is 0 Å². The molecule has 0 aliphatic heterocycles. The van der Waals surface area contributed by atoms with E-state index in [1.54, 1.807) is 0 Å². The summed E-state index contributed by atoms with van der Waals surface area (Å²) in [6.07, 6.45) is 0.822. The van der Waals surface area contributed by atoms with Gasteiger partial charge in [0.15, 0.2) is 0 Å². The second kappa shape index (κ2) is 10.2. The average Bonchev–Trinajstić information content (AvgIpc) is 2.47. The Kier molecular flexibility index (Phi) is 9.04. The number of hydrogen-bond donors (Lipinski definition) is 1. The number of ether oxygens (including phenoxy) is 1. The number of halogens is 2. The lowest BCUT2D eigenvalue weighted by atomic mass is 9.98. The highest BCUT2D eigenvalue weighted by molar-refractivity contribution is 6.18. The number of rotatable bonds is 9. The van der Waals surface area contributed by atoms with Gasteiger partial charge in [0.05, 0.1) is 6.42 Å². The molecule has 0 unspecified atom stereocenters. The Hall–Kier alpha value is -0.970. The molecule has 2 N–H and O–H groups in total. The quantitative estimate of drug-likeness (QED) is 0.514. The van der Waals surface area contributed by atoms with Gasteiger partial charge in [-0.05, 0) is 57.4 Å². The van der Waals surface area contributed by atoms with Gasteiger partial charge in [-0.3, -0.25) is 4.79 Å². The smallest absolute Gasteiger partial charge is 0.307 e. The summed E-state index contributed by atoms with van der Waals surface area (Å²) in [4.78, 5) is 14.1. The van der Waals surface area contributed by atoms with Crippen LogP contribution in [0.15, 0.2) is 18.2 Å². The third kappa shape index (κ3) is 8.30. The van der Waals surface area contributed by atoms with Crippen molar-refractivity contribution in [3.63, 3.8) is 0 Å². The molecule has 0 aliphatic rings. The Labute approximate surface area is 161 Å². The number of esters is 1. The predicted octanol–water partition coefficient (Wildman–Crippen LogP) is 3.88. The third-order valence-corrected chi connectivity index (χ3v) is 4.08. The topological polar surface area (TPSA) is 55.6 Å². The normalized spacial score (nSPS) is 12.8. The summed E-state index contributed by atoms with van der Waals surface area (Å²) < 4.78 is 5.35. The van der Waals surface area contributed by atoms with Gasteiger partial charge >= 0.3 is 5.97 Å². The second-order valence-electron chi connectivity index (χ2n) is 7.23. The van der Waals surface area contributed by atoms with E-state index in [4.69, 9.17) is 33.7 Å². The fourth-order valence-corrected chi connectivity index (χ4v) is 3.01. The van der Waals surface area contributed by atoms with Gasteiger partial charge in [-0.1, -0.05) is 6.07 Å². The lowest BCUT2D eigenvalue weighted by molar-refractivity contribution is -0.155. The summed E-state index contributed by atoms with van der Waals surface area (Å²) in [7, 11) is 0. The number of hydrogen-bond acceptors (Lipinski definition) is 4. The molecule has 0 amide bonds. The molecule has 0 aromatic heterocycles. The van der Waals surface area contributed by atoms with Crippen molar-refractivity contribution in [2.75, 3.05) is 29.7 Å². The fourth-order valence-electron chi connectivity index (χ4n) is 2.60. The van der Waals surface area contributed by atoms with Gasteiger partial charge < -0.3 is 15.4 Å². The van der Waals surface area contributed by atoms with Crippen LogP contribution in [-0.4, -0.2) is 42.5 Å². The summed E-state index contributed by atoms with van der Waals surface area (Å²) in [5.74, 6) is 0.816. The molecular formula is C19H30Cl2N2O2. The van der Waals surface area contributed by atoms with Crippen molar-refractivity contribution >= 4 is 34.9 Å². The molecule has 4 nitrogen and oxygen atoms in total. The lowest BCUT2D eigenvalue weighted by Crippen LogP contribution is -2.31. The molecular weight excluding hydrogens is 359 g/mol. The monoisotopic (exact) mass is 388 g/mol. The van der Waals surface area contributed by atoms with E-state index < -0.39 is 5.60 Å². The van der Waals surface area contributed by atoms with Crippen LogP contribution in [0.1, 0.15) is 38.3 Å². The fraction of sp³-hybridized carbons (Fsp3) is 0.632. The Balaban J connectivity index is 2.80. The number of carbonyl (C=O) groups excluding carboxylic acids is 1. The minimum atomic E-state index is -0.490. The molecule has 25 heavy (non-hydrogen) atoms. The number of nitrogens with two attached hydrogens (primary N) is 1. The number of anilines is 1. The first-order chi connectivity index (χ1) is 11.7. The van der Waals surface area contributed by atoms with Crippen molar-refractivity contribution in [2.24, 2.45) is 5.73 Å². The summed E-state index contributed by atoms with van der Waals surface area (Å²) in [5, 5.41) is 0. The first kappa shape index (κ1) is 22.1. The van der Waals surface area contributed by atoms with Crippen LogP contribution in [-0.2, 0) is 16.0 Å². The van der Waals surface area contributed by atoms with Crippen LogP contribution in [0.3, 0.4) is 0 Å². The van der Waals surface area contributed by atoms with E-state index in [1.807, 2.05) is 27.7 Å². The number of nitrogens with zero attached hydrogens (tertiary/aromatic N) is 1. The van der Waals surface area contributed by atoms with Gasteiger partial charge in [0.25, 0.3) is 0 Å². The Morgan fingerprint density at radius 2 is 1.84 bits per heavy atom. The van der Waals surface area contributed by atoms with Gasteiger partial charge in [0, 0.05) is 36.6 Å². The summed E-state index contributed by atoms with van der Waals surface area (Å²) in [5.41, 5.74) is 9.05. The Morgan fingerprint density at radius 3 is 2.36 bits per heavy atom. The summed E-state index contributed by atoms with van der Waals surface area (Å²) >= 11 is 11.8. The second-order valence-corrected chi connectivity index (χ2v) is 7.99. The molecule has 0 radical (unpaired) electrons. The van der Waals surface area contributed by atoms with E-state index >= 15 is 0 Å². The molecule has 6 heteroatoms. The van der Waals surface area contributed by atoms with Crippen LogP contribution in [0.5, 0.6) is 0 Å². The molecule has 1 aromatic carbocycles. The summed E-state index contributed by atoms with van der Waals surface area (Å²) in [6.45, 7) is 9.08. The first-order valence-corrected chi connectivity index (χ1v) is 9.67. The first-order valence-electron chi connectivity index (χ1n) is 8.60. The largest absolute Gasteiger partial charge is 0.460 e. The molecule has 0 heterocycles. The van der Waals surface area contributed by atoms with E-state index in [1.165, 1.54) is 0 Å². The van der Waals surface area contributed by atoms with E-state index in [0.717, 1.165) is 29.9 Å². The van der Waals surface area contributed by atoms with Crippen molar-refractivity contribution in [3.8, 4) is 0 Å². The molecule has 0 spiro atoms. The van der Waals surface area contributed by atoms with Crippen molar-refractivity contribution in [2.45, 2.75) is 52.2 Å². The zero-order chi connectivity index (χ0) is 19.0. The molecule has 1 atom stereocenters. The zero-order valence-corrected chi connectivity index (χ0v) is 17.2. The Bertz CT molecular complexity index is 553. The molecule has 0 saturated carbocycles. The van der Waals surface area contributed by atoms with Crippen LogP contribution in [0.25, 0.3) is 0 Å². The maximum absolute atomic E-state index is 11.9. The average molecular weight is 389 g/mol. The van der Waals surface area contributed by atoms with Crippen molar-refractivity contribution in [1.29, 1.82) is 0 Å². The van der Waals surface area contributed by atoms with Crippen molar-refractivity contribution in [3.05, 3.63) is 29.3 Å². The van der Waals surface area contributed by atoms with E-state index in [2.05, 4.69) is 23.1 Å². The number of benzene rings is 1. The van der Waals surface area contributed by atoms with E-state index in [-0.39, 0.29) is 18.4 Å². The van der Waals surface area contributed by atoms with Gasteiger partial charge in [-0.2, -0.15) is 0 Å². The maximum atomic E-state index is 11.9. The molecule has 0 fully saturated rings. The van der Waals surface area contributed by atoms with E-state index in [9.17, 15) is 4.79 Å². The van der Waals surface area contributed by atoms with Crippen LogP contribution < -0.4 is 10.6 Å². The highest BCUT2D eigenvalue weighted by Gasteiger charge is 2.19. The highest BCUT2D eigenvalue weighted by Crippen LogP contribution is 2.21. The van der Waals surface area contributed by atoms with Crippen LogP contribution >= 0.6 is 23.2 Å². The predicted molar refractivity (Wildman–Crippen MR) is 107 cm³/mol. The highest BCUT2D eigenvalue weighted by atomic mass is 35.5. The summed E-state index contributed by atoms with van der Waals surface area (Å²) in [6, 6.07) is 5.97. The van der Waals surface area contributed by atoms with Crippen LogP contribution in [0, 0.1) is 6.92 Å². The maximum Gasteiger partial charge on any atom is 0.307 e. The SMILES string of the molecule is Cc1ccc(N(CCCl)CCCl)cc1C[C@H](N)CC(=O)OC(C)(C)C. The molecule has 0 bridgehead atoms. The molecule has 1 aromatic rings. The lowest BCUT2D eigenvalue weighted by Gasteiger charge is -2.25. The number of aryl methyl sites for hydroxylation is 1. The van der Waals surface area contributed by atoms with Gasteiger partial charge in [-0.25, -0.2) is 0 Å². The van der Waals surface area contributed by atoms with Crippen LogP contribution in [0.4, 0.5) is 5.69 Å². The number of alkyl halides is 2. The molecule has 1 rings (SSSR count). The zero-order valence-electron chi connectivity index (χ0n) is 15.6. The molecule has 142 valence electrons. The molecule has 0 saturated heterocycles. The van der Waals surface area contributed by atoms with Gasteiger partial charge in [0.1, 0.15) is 5.60 Å². The van der Waals surface area contributed by atoms with Gasteiger partial charge in [0.2, 0.25) is 0 Å². The molecule has 0 aliphatic carbocycles. The van der Waals surface area contributed by atoms with Crippen molar-refractivity contribution < 1.29 is 9.53 Å². The van der Waals surface area contributed by atoms with Gasteiger partial charge in [-0.15, -0.1) is 23.2 Å². The number of carbonyl (C=O) groups is 1. The minimum absolute atomic E-state index is 0.202.